The van der Waals surface area contributed by atoms with E-state index in [4.69, 9.17) is 0 Å². The van der Waals surface area contributed by atoms with Gasteiger partial charge in [-0.1, -0.05) is 13.8 Å². The zero-order chi connectivity index (χ0) is 15.8. The first kappa shape index (κ1) is 16.8. The molecule has 0 aliphatic carbocycles. The van der Waals surface area contributed by atoms with E-state index in [9.17, 15) is 0 Å². The van der Waals surface area contributed by atoms with Crippen LogP contribution in [0.3, 0.4) is 0 Å². The maximum atomic E-state index is 4.24. The number of hydrogen-bond acceptors (Lipinski definition) is 3. The van der Waals surface area contributed by atoms with Gasteiger partial charge in [-0.05, 0) is 51.0 Å². The second-order valence-electron chi connectivity index (χ2n) is 4.64. The van der Waals surface area contributed by atoms with Crippen molar-refractivity contribution in [1.29, 1.82) is 0 Å². The molecule has 3 heterocycles. The molecule has 3 aromatic heterocycles. The molecule has 0 N–H and O–H groups in total. The van der Waals surface area contributed by atoms with Gasteiger partial charge in [-0.3, -0.25) is 0 Å². The maximum absolute atomic E-state index is 4.24. The van der Waals surface area contributed by atoms with E-state index >= 15 is 0 Å². The molecule has 3 aromatic rings. The van der Waals surface area contributed by atoms with Crippen molar-refractivity contribution in [2.24, 2.45) is 0 Å². The van der Waals surface area contributed by atoms with Crippen molar-refractivity contribution in [3.63, 3.8) is 0 Å². The molecule has 0 bridgehead atoms. The molecule has 0 saturated heterocycles. The van der Waals surface area contributed by atoms with Crippen LogP contribution in [0.4, 0.5) is 0 Å². The Bertz CT molecular complexity index is 648. The fourth-order valence-corrected chi connectivity index (χ4v) is 1.67. The Kier molecular flexibility index (Phi) is 6.53. The molecule has 0 amide bonds. The highest BCUT2D eigenvalue weighted by atomic mass is 15.0. The van der Waals surface area contributed by atoms with Crippen LogP contribution in [-0.4, -0.2) is 19.4 Å². The molecular weight excluding hydrogens is 260 g/mol. The molecule has 0 atom stereocenters. The van der Waals surface area contributed by atoms with E-state index in [0.717, 1.165) is 17.0 Å². The van der Waals surface area contributed by atoms with E-state index < -0.39 is 0 Å². The minimum atomic E-state index is 0.829. The van der Waals surface area contributed by atoms with Crippen LogP contribution in [0.5, 0.6) is 0 Å². The molecule has 4 nitrogen and oxygen atoms in total. The van der Waals surface area contributed by atoms with Crippen LogP contribution in [0.2, 0.25) is 0 Å². The van der Waals surface area contributed by atoms with Crippen molar-refractivity contribution in [1.82, 2.24) is 19.4 Å². The summed E-state index contributed by atoms with van der Waals surface area (Å²) in [6.45, 7) is 12.0. The molecule has 112 valence electrons. The number of imidazole rings is 1. The SMILES string of the molecule is CC.Cc1ccn2c(C)cnc2c1.Cc1cnc(C)nc1. The Morgan fingerprint density at radius 3 is 2.00 bits per heavy atom. The largest absolute Gasteiger partial charge is 0.304 e. The Morgan fingerprint density at radius 1 is 0.810 bits per heavy atom. The number of aromatic nitrogens is 4. The van der Waals surface area contributed by atoms with Crippen LogP contribution < -0.4 is 0 Å². The van der Waals surface area contributed by atoms with Gasteiger partial charge in [-0.2, -0.15) is 0 Å². The van der Waals surface area contributed by atoms with Crippen molar-refractivity contribution >= 4 is 5.65 Å². The highest BCUT2D eigenvalue weighted by Crippen LogP contribution is 2.06. The Morgan fingerprint density at radius 2 is 1.43 bits per heavy atom. The number of hydrogen-bond donors (Lipinski definition) is 0. The van der Waals surface area contributed by atoms with E-state index in [1.807, 2.05) is 52.5 Å². The van der Waals surface area contributed by atoms with Gasteiger partial charge in [0.05, 0.1) is 0 Å². The summed E-state index contributed by atoms with van der Waals surface area (Å²) >= 11 is 0. The average Bonchev–Trinajstić information content (AvgIpc) is 2.86. The van der Waals surface area contributed by atoms with Gasteiger partial charge in [0, 0.05) is 30.5 Å². The predicted octanol–water partition coefficient (Wildman–Crippen LogP) is 4.07. The van der Waals surface area contributed by atoms with Crippen LogP contribution in [0, 0.1) is 27.7 Å². The summed E-state index contributed by atoms with van der Waals surface area (Å²) in [6, 6.07) is 4.16. The summed E-state index contributed by atoms with van der Waals surface area (Å²) in [5, 5.41) is 0. The Balaban J connectivity index is 0.000000196. The summed E-state index contributed by atoms with van der Waals surface area (Å²) in [5.41, 5.74) is 4.57. The zero-order valence-electron chi connectivity index (χ0n) is 13.8. The number of pyridine rings is 1. The monoisotopic (exact) mass is 284 g/mol. The molecule has 0 unspecified atom stereocenters. The number of aryl methyl sites for hydroxylation is 4. The molecule has 0 aromatic carbocycles. The van der Waals surface area contributed by atoms with Gasteiger partial charge in [0.15, 0.2) is 0 Å². The second kappa shape index (κ2) is 8.15. The van der Waals surface area contributed by atoms with Gasteiger partial charge < -0.3 is 4.40 Å². The first-order valence-corrected chi connectivity index (χ1v) is 7.22. The molecule has 0 aliphatic rings. The van der Waals surface area contributed by atoms with Gasteiger partial charge in [-0.15, -0.1) is 0 Å². The molecule has 0 fully saturated rings. The van der Waals surface area contributed by atoms with Crippen molar-refractivity contribution in [3.8, 4) is 0 Å². The quantitative estimate of drug-likeness (QED) is 0.625. The molecule has 0 aliphatic heterocycles. The lowest BCUT2D eigenvalue weighted by molar-refractivity contribution is 1.03. The summed E-state index contributed by atoms with van der Waals surface area (Å²) in [6.07, 6.45) is 7.55. The van der Waals surface area contributed by atoms with Gasteiger partial charge >= 0.3 is 0 Å². The highest BCUT2D eigenvalue weighted by molar-refractivity contribution is 5.42. The van der Waals surface area contributed by atoms with Crippen LogP contribution >= 0.6 is 0 Å². The number of fused-ring (bicyclic) bond motifs is 1. The minimum Gasteiger partial charge on any atom is -0.304 e. The van der Waals surface area contributed by atoms with Crippen LogP contribution in [0.15, 0.2) is 36.9 Å². The summed E-state index contributed by atoms with van der Waals surface area (Å²) in [7, 11) is 0. The lowest BCUT2D eigenvalue weighted by Crippen LogP contribution is -1.86. The van der Waals surface area contributed by atoms with Crippen molar-refractivity contribution in [2.45, 2.75) is 41.5 Å². The third-order valence-electron chi connectivity index (χ3n) is 2.76. The van der Waals surface area contributed by atoms with Gasteiger partial charge in [0.25, 0.3) is 0 Å². The van der Waals surface area contributed by atoms with E-state index in [1.54, 1.807) is 0 Å². The first-order valence-electron chi connectivity index (χ1n) is 7.22. The Hall–Kier alpha value is -2.23. The van der Waals surface area contributed by atoms with E-state index in [1.165, 1.54) is 11.3 Å². The number of nitrogens with zero attached hydrogens (tertiary/aromatic N) is 4. The summed E-state index contributed by atoms with van der Waals surface area (Å²) in [4.78, 5) is 12.2. The molecule has 21 heavy (non-hydrogen) atoms. The normalized spacial score (nSPS) is 9.43. The van der Waals surface area contributed by atoms with Gasteiger partial charge in [0.1, 0.15) is 11.5 Å². The van der Waals surface area contributed by atoms with E-state index in [-0.39, 0.29) is 0 Å². The fraction of sp³-hybridized carbons (Fsp3) is 0.353. The smallest absolute Gasteiger partial charge is 0.137 e. The number of rotatable bonds is 0. The summed E-state index contributed by atoms with van der Waals surface area (Å²) < 4.78 is 2.08. The van der Waals surface area contributed by atoms with Gasteiger partial charge in [0.2, 0.25) is 0 Å². The molecular formula is C17H24N4. The topological polar surface area (TPSA) is 43.1 Å². The van der Waals surface area contributed by atoms with Crippen molar-refractivity contribution in [3.05, 3.63) is 59.6 Å². The third-order valence-corrected chi connectivity index (χ3v) is 2.76. The van der Waals surface area contributed by atoms with Crippen LogP contribution in [-0.2, 0) is 0 Å². The third kappa shape index (κ3) is 4.99. The maximum Gasteiger partial charge on any atom is 0.137 e. The lowest BCUT2D eigenvalue weighted by atomic mass is 10.3. The molecule has 4 heteroatoms. The molecule has 0 saturated carbocycles. The van der Waals surface area contributed by atoms with Crippen LogP contribution in [0.25, 0.3) is 5.65 Å². The Labute approximate surface area is 126 Å². The fourth-order valence-electron chi connectivity index (χ4n) is 1.67. The summed E-state index contributed by atoms with van der Waals surface area (Å²) in [5.74, 6) is 0.829. The van der Waals surface area contributed by atoms with Crippen LogP contribution in [0.1, 0.15) is 36.5 Å². The zero-order valence-corrected chi connectivity index (χ0v) is 13.8. The minimum absolute atomic E-state index is 0.829. The highest BCUT2D eigenvalue weighted by Gasteiger charge is 1.96. The van der Waals surface area contributed by atoms with E-state index in [0.29, 0.717) is 0 Å². The standard InChI is InChI=1S/C9H10N2.C6H8N2.C2H6/c1-7-3-4-11-8(2)6-10-9(11)5-7;1-5-3-7-6(2)8-4-5;1-2/h3-6H,1-2H3;3-4H,1-2H3;1-2H3. The van der Waals surface area contributed by atoms with Crippen molar-refractivity contribution < 1.29 is 0 Å². The first-order chi connectivity index (χ1) is 10.1. The predicted molar refractivity (Wildman–Crippen MR) is 87.5 cm³/mol. The van der Waals surface area contributed by atoms with Crippen molar-refractivity contribution in [2.75, 3.05) is 0 Å². The van der Waals surface area contributed by atoms with Gasteiger partial charge in [-0.25, -0.2) is 15.0 Å². The molecule has 0 radical (unpaired) electrons. The van der Waals surface area contributed by atoms with E-state index in [2.05, 4.69) is 45.3 Å². The average molecular weight is 284 g/mol. The molecule has 0 spiro atoms. The lowest BCUT2D eigenvalue weighted by Gasteiger charge is -1.95. The molecule has 3 rings (SSSR count). The second-order valence-corrected chi connectivity index (χ2v) is 4.64.